The largest absolute Gasteiger partial charge is 0.326 e. The molecule has 0 heterocycles. The number of nitrogens with one attached hydrogen (secondary N) is 1. The van der Waals surface area contributed by atoms with Gasteiger partial charge in [0.15, 0.2) is 5.78 Å². The Bertz CT molecular complexity index is 704. The van der Waals surface area contributed by atoms with Crippen LogP contribution in [0.3, 0.4) is 0 Å². The molecule has 2 aliphatic rings. The number of carbonyl (C=O) groups excluding carboxylic acids is 3. The van der Waals surface area contributed by atoms with Gasteiger partial charge >= 0.3 is 0 Å². The quantitative estimate of drug-likeness (QED) is 0.867. The maximum Gasteiger partial charge on any atom is 0.231 e. The number of fused-ring (bicyclic) bond motifs is 2. The number of carbonyl (C=O) groups is 3. The van der Waals surface area contributed by atoms with E-state index in [0.29, 0.717) is 17.7 Å². The number of benzene rings is 1. The van der Waals surface area contributed by atoms with Gasteiger partial charge < -0.3 is 5.32 Å². The highest BCUT2D eigenvalue weighted by Gasteiger charge is 2.72. The molecule has 0 spiro atoms. The number of amides is 1. The van der Waals surface area contributed by atoms with Crippen molar-refractivity contribution in [3.8, 4) is 0 Å². The van der Waals surface area contributed by atoms with Gasteiger partial charge in [0.25, 0.3) is 0 Å². The average molecular weight is 313 g/mol. The van der Waals surface area contributed by atoms with E-state index in [1.54, 1.807) is 24.3 Å². The molecule has 0 aromatic heterocycles. The van der Waals surface area contributed by atoms with Crippen molar-refractivity contribution in [2.45, 2.75) is 47.0 Å². The zero-order chi connectivity index (χ0) is 17.0. The zero-order valence-corrected chi connectivity index (χ0v) is 14.2. The normalized spacial score (nSPS) is 31.2. The van der Waals surface area contributed by atoms with Crippen LogP contribution in [0.1, 0.15) is 57.3 Å². The topological polar surface area (TPSA) is 63.2 Å². The van der Waals surface area contributed by atoms with Crippen LogP contribution in [0.2, 0.25) is 0 Å². The molecule has 4 heteroatoms. The molecule has 1 amide bonds. The van der Waals surface area contributed by atoms with Gasteiger partial charge in [-0.25, -0.2) is 0 Å². The van der Waals surface area contributed by atoms with Crippen molar-refractivity contribution in [3.63, 3.8) is 0 Å². The third-order valence-corrected chi connectivity index (χ3v) is 6.69. The van der Waals surface area contributed by atoms with E-state index in [9.17, 15) is 14.4 Å². The highest BCUT2D eigenvalue weighted by Crippen LogP contribution is 2.70. The average Bonchev–Trinajstić information content (AvgIpc) is 2.78. The molecule has 0 radical (unpaired) electrons. The van der Waals surface area contributed by atoms with Crippen molar-refractivity contribution in [3.05, 3.63) is 29.8 Å². The van der Waals surface area contributed by atoms with Gasteiger partial charge in [0.1, 0.15) is 5.78 Å². The minimum atomic E-state index is -0.627. The fourth-order valence-corrected chi connectivity index (χ4v) is 4.40. The zero-order valence-electron chi connectivity index (χ0n) is 14.2. The van der Waals surface area contributed by atoms with Gasteiger partial charge in [-0.15, -0.1) is 0 Å². The van der Waals surface area contributed by atoms with Gasteiger partial charge in [0, 0.05) is 23.1 Å². The Morgan fingerprint density at radius 2 is 1.65 bits per heavy atom. The minimum absolute atomic E-state index is 0.00412. The van der Waals surface area contributed by atoms with Crippen molar-refractivity contribution in [2.24, 2.45) is 16.2 Å². The summed E-state index contributed by atoms with van der Waals surface area (Å²) in [4.78, 5) is 36.7. The molecule has 2 fully saturated rings. The highest BCUT2D eigenvalue weighted by atomic mass is 16.2. The van der Waals surface area contributed by atoms with Crippen LogP contribution in [0, 0.1) is 16.2 Å². The summed E-state index contributed by atoms with van der Waals surface area (Å²) < 4.78 is 0. The summed E-state index contributed by atoms with van der Waals surface area (Å²) in [5, 5.41) is 2.96. The van der Waals surface area contributed by atoms with Crippen LogP contribution in [0.25, 0.3) is 0 Å². The smallest absolute Gasteiger partial charge is 0.231 e. The standard InChI is InChI=1S/C19H23NO3/c1-12(21)13-5-7-14(8-6-13)20-16(23)19-10-9-18(4,15(22)11-19)17(19,2)3/h5-8H,9-11H2,1-4H3,(H,20,23)/t18-,19-/m0/s1. The Kier molecular flexibility index (Phi) is 3.29. The van der Waals surface area contributed by atoms with E-state index in [1.807, 2.05) is 20.8 Å². The molecule has 0 aliphatic heterocycles. The molecule has 122 valence electrons. The molecule has 2 aliphatic carbocycles. The predicted octanol–water partition coefficient (Wildman–Crippen LogP) is 3.61. The Hall–Kier alpha value is -1.97. The number of Topliss-reactive ketones (excluding diaryl/α,β-unsaturated/α-hetero) is 2. The summed E-state index contributed by atoms with van der Waals surface area (Å²) in [6.45, 7) is 7.60. The van der Waals surface area contributed by atoms with Crippen LogP contribution in [-0.4, -0.2) is 17.5 Å². The molecule has 23 heavy (non-hydrogen) atoms. The molecule has 0 unspecified atom stereocenters. The first-order valence-electron chi connectivity index (χ1n) is 8.10. The molecular formula is C19H23NO3. The number of anilines is 1. The van der Waals surface area contributed by atoms with Gasteiger partial charge in [0.2, 0.25) is 5.91 Å². The first-order valence-corrected chi connectivity index (χ1v) is 8.10. The summed E-state index contributed by atoms with van der Waals surface area (Å²) >= 11 is 0. The summed E-state index contributed by atoms with van der Waals surface area (Å²) in [5.74, 6) is 0.124. The lowest BCUT2D eigenvalue weighted by molar-refractivity contribution is -0.131. The van der Waals surface area contributed by atoms with Gasteiger partial charge in [-0.1, -0.05) is 20.8 Å². The van der Waals surface area contributed by atoms with Crippen molar-refractivity contribution < 1.29 is 14.4 Å². The Labute approximate surface area is 136 Å². The van der Waals surface area contributed by atoms with Crippen LogP contribution in [0.4, 0.5) is 5.69 Å². The number of hydrogen-bond acceptors (Lipinski definition) is 3. The van der Waals surface area contributed by atoms with E-state index in [2.05, 4.69) is 5.32 Å². The molecule has 3 rings (SSSR count). The van der Waals surface area contributed by atoms with Crippen LogP contribution in [-0.2, 0) is 9.59 Å². The maximum atomic E-state index is 13.0. The van der Waals surface area contributed by atoms with Crippen LogP contribution < -0.4 is 5.32 Å². The lowest BCUT2D eigenvalue weighted by Gasteiger charge is -2.38. The van der Waals surface area contributed by atoms with E-state index in [0.717, 1.165) is 12.8 Å². The summed E-state index contributed by atoms with van der Waals surface area (Å²) in [7, 11) is 0. The predicted molar refractivity (Wildman–Crippen MR) is 88.3 cm³/mol. The summed E-state index contributed by atoms with van der Waals surface area (Å²) in [5.41, 5.74) is -0.0920. The first kappa shape index (κ1) is 15.9. The van der Waals surface area contributed by atoms with E-state index in [4.69, 9.17) is 0 Å². The van der Waals surface area contributed by atoms with Gasteiger partial charge in [-0.2, -0.15) is 0 Å². The second-order valence-electron chi connectivity index (χ2n) is 7.73. The van der Waals surface area contributed by atoms with E-state index < -0.39 is 10.8 Å². The van der Waals surface area contributed by atoms with Crippen molar-refractivity contribution >= 4 is 23.2 Å². The summed E-state index contributed by atoms with van der Waals surface area (Å²) in [6.07, 6.45) is 1.85. The minimum Gasteiger partial charge on any atom is -0.326 e. The fourth-order valence-electron chi connectivity index (χ4n) is 4.40. The van der Waals surface area contributed by atoms with Gasteiger partial charge in [-0.05, 0) is 49.4 Å². The third-order valence-electron chi connectivity index (χ3n) is 6.69. The molecule has 1 N–H and O–H groups in total. The molecule has 2 saturated carbocycles. The Morgan fingerprint density at radius 3 is 2.09 bits per heavy atom. The van der Waals surface area contributed by atoms with E-state index in [-0.39, 0.29) is 22.9 Å². The summed E-state index contributed by atoms with van der Waals surface area (Å²) in [6, 6.07) is 6.89. The van der Waals surface area contributed by atoms with Crippen LogP contribution in [0.15, 0.2) is 24.3 Å². The second-order valence-corrected chi connectivity index (χ2v) is 7.73. The molecule has 2 atom stereocenters. The SMILES string of the molecule is CC(=O)c1ccc(NC(=O)[C@]23CC[C@@](C)(C(=O)C2)C3(C)C)cc1. The number of hydrogen-bond donors (Lipinski definition) is 1. The lowest BCUT2D eigenvalue weighted by Crippen LogP contribution is -2.43. The highest BCUT2D eigenvalue weighted by molar-refractivity contribution is 6.04. The van der Waals surface area contributed by atoms with Crippen molar-refractivity contribution in [1.82, 2.24) is 0 Å². The van der Waals surface area contributed by atoms with Crippen molar-refractivity contribution in [1.29, 1.82) is 0 Å². The van der Waals surface area contributed by atoms with E-state index >= 15 is 0 Å². The Balaban J connectivity index is 1.86. The fraction of sp³-hybridized carbons (Fsp3) is 0.526. The molecule has 1 aromatic carbocycles. The molecule has 2 bridgehead atoms. The van der Waals surface area contributed by atoms with Crippen LogP contribution in [0.5, 0.6) is 0 Å². The molecule has 4 nitrogen and oxygen atoms in total. The second kappa shape index (κ2) is 4.76. The maximum absolute atomic E-state index is 13.0. The van der Waals surface area contributed by atoms with Gasteiger partial charge in [0.05, 0.1) is 5.41 Å². The first-order chi connectivity index (χ1) is 10.6. The lowest BCUT2D eigenvalue weighted by atomic mass is 9.64. The van der Waals surface area contributed by atoms with E-state index in [1.165, 1.54) is 6.92 Å². The third kappa shape index (κ3) is 1.93. The molecule has 1 aromatic rings. The van der Waals surface area contributed by atoms with Gasteiger partial charge in [-0.3, -0.25) is 14.4 Å². The van der Waals surface area contributed by atoms with Crippen LogP contribution >= 0.6 is 0 Å². The number of rotatable bonds is 3. The number of ketones is 2. The molecular weight excluding hydrogens is 290 g/mol. The monoisotopic (exact) mass is 313 g/mol. The van der Waals surface area contributed by atoms with Crippen molar-refractivity contribution in [2.75, 3.05) is 5.32 Å². The Morgan fingerprint density at radius 1 is 1.04 bits per heavy atom. The molecule has 0 saturated heterocycles.